The van der Waals surface area contributed by atoms with E-state index in [0.29, 0.717) is 18.7 Å². The summed E-state index contributed by atoms with van der Waals surface area (Å²) < 4.78 is 9.88. The molecule has 0 atom stereocenters. The van der Waals surface area contributed by atoms with Crippen molar-refractivity contribution >= 4 is 12.1 Å². The van der Waals surface area contributed by atoms with Crippen LogP contribution in [0.1, 0.15) is 20.3 Å². The number of nitrogens with zero attached hydrogens (tertiary/aromatic N) is 1. The maximum Gasteiger partial charge on any atom is 0.514 e. The molecule has 1 amide bonds. The Bertz CT molecular complexity index is 371. The third-order valence-corrected chi connectivity index (χ3v) is 2.47. The minimum absolute atomic E-state index is 0.137. The summed E-state index contributed by atoms with van der Waals surface area (Å²) >= 11 is 0. The molecule has 5 heteroatoms. The normalized spacial score (nSPS) is 19.7. The minimum atomic E-state index is -0.724. The first-order chi connectivity index (χ1) is 7.86. The van der Waals surface area contributed by atoms with Gasteiger partial charge < -0.3 is 14.4 Å². The van der Waals surface area contributed by atoms with Crippen LogP contribution in [0.25, 0.3) is 0 Å². The fourth-order valence-electron chi connectivity index (χ4n) is 1.43. The number of carbonyl (C=O) groups excluding carboxylic acids is 2. The maximum absolute atomic E-state index is 11.2. The van der Waals surface area contributed by atoms with Gasteiger partial charge in [-0.25, -0.2) is 4.79 Å². The molecular weight excluding hydrogens is 222 g/mol. The SMILES string of the molecule is C=CC(=O)N(C)CC/C=C1\OC(=O)OC1(C)C. The van der Waals surface area contributed by atoms with E-state index in [1.807, 2.05) is 0 Å². The summed E-state index contributed by atoms with van der Waals surface area (Å²) in [6, 6.07) is 0. The van der Waals surface area contributed by atoms with Crippen molar-refractivity contribution in [2.24, 2.45) is 0 Å². The number of rotatable bonds is 4. The third-order valence-electron chi connectivity index (χ3n) is 2.47. The highest BCUT2D eigenvalue weighted by atomic mass is 16.8. The number of carbonyl (C=O) groups is 2. The molecule has 0 saturated carbocycles. The van der Waals surface area contributed by atoms with Gasteiger partial charge in [-0.2, -0.15) is 0 Å². The summed E-state index contributed by atoms with van der Waals surface area (Å²) in [5.41, 5.74) is -0.724. The lowest BCUT2D eigenvalue weighted by molar-refractivity contribution is -0.124. The molecular formula is C12H17NO4. The Kier molecular flexibility index (Phi) is 3.93. The summed E-state index contributed by atoms with van der Waals surface area (Å²) in [4.78, 5) is 23.7. The first kappa shape index (κ1) is 13.3. The number of ether oxygens (including phenoxy) is 2. The Morgan fingerprint density at radius 3 is 2.65 bits per heavy atom. The second kappa shape index (κ2) is 5.03. The Hall–Kier alpha value is -1.78. The predicted molar refractivity (Wildman–Crippen MR) is 62.2 cm³/mol. The van der Waals surface area contributed by atoms with Crippen LogP contribution >= 0.6 is 0 Å². The molecule has 1 rings (SSSR count). The lowest BCUT2D eigenvalue weighted by atomic mass is 10.1. The van der Waals surface area contributed by atoms with Crippen LogP contribution in [0.15, 0.2) is 24.5 Å². The van der Waals surface area contributed by atoms with Gasteiger partial charge in [-0.05, 0) is 32.4 Å². The van der Waals surface area contributed by atoms with E-state index >= 15 is 0 Å². The molecule has 1 aliphatic heterocycles. The van der Waals surface area contributed by atoms with Gasteiger partial charge in [0.2, 0.25) is 5.91 Å². The molecule has 1 fully saturated rings. The van der Waals surface area contributed by atoms with Crippen molar-refractivity contribution in [1.29, 1.82) is 0 Å². The number of hydrogen-bond acceptors (Lipinski definition) is 4. The van der Waals surface area contributed by atoms with Crippen LogP contribution in [0.3, 0.4) is 0 Å². The van der Waals surface area contributed by atoms with Crippen molar-refractivity contribution in [3.63, 3.8) is 0 Å². The Balaban J connectivity index is 2.52. The topological polar surface area (TPSA) is 55.8 Å². The van der Waals surface area contributed by atoms with Gasteiger partial charge in [0.05, 0.1) is 0 Å². The highest BCUT2D eigenvalue weighted by molar-refractivity contribution is 5.86. The minimum Gasteiger partial charge on any atom is -0.420 e. The second-order valence-electron chi connectivity index (χ2n) is 4.29. The van der Waals surface area contributed by atoms with Crippen LogP contribution in [0, 0.1) is 0 Å². The molecule has 0 spiro atoms. The average Bonchev–Trinajstić information content (AvgIpc) is 2.50. The van der Waals surface area contributed by atoms with E-state index in [-0.39, 0.29) is 5.91 Å². The van der Waals surface area contributed by atoms with Crippen molar-refractivity contribution in [2.75, 3.05) is 13.6 Å². The van der Waals surface area contributed by atoms with Crippen molar-refractivity contribution < 1.29 is 19.1 Å². The molecule has 0 aromatic carbocycles. The number of amides is 1. The van der Waals surface area contributed by atoms with Gasteiger partial charge >= 0.3 is 6.16 Å². The molecule has 1 aliphatic rings. The molecule has 0 radical (unpaired) electrons. The Labute approximate surface area is 101 Å². The zero-order valence-corrected chi connectivity index (χ0v) is 10.4. The van der Waals surface area contributed by atoms with Gasteiger partial charge in [0, 0.05) is 13.6 Å². The lowest BCUT2D eigenvalue weighted by Gasteiger charge is -2.16. The quantitative estimate of drug-likeness (QED) is 0.555. The molecule has 94 valence electrons. The summed E-state index contributed by atoms with van der Waals surface area (Å²) in [6.45, 7) is 7.44. The highest BCUT2D eigenvalue weighted by Crippen LogP contribution is 2.29. The molecule has 0 unspecified atom stereocenters. The van der Waals surface area contributed by atoms with Crippen molar-refractivity contribution in [1.82, 2.24) is 4.90 Å². The van der Waals surface area contributed by atoms with E-state index in [9.17, 15) is 9.59 Å². The molecule has 1 saturated heterocycles. The summed E-state index contributed by atoms with van der Waals surface area (Å²) in [6.07, 6.45) is 2.93. The molecule has 0 N–H and O–H groups in total. The van der Waals surface area contributed by atoms with E-state index in [1.165, 1.54) is 11.0 Å². The van der Waals surface area contributed by atoms with Gasteiger partial charge in [-0.1, -0.05) is 6.58 Å². The smallest absolute Gasteiger partial charge is 0.420 e. The van der Waals surface area contributed by atoms with Crippen molar-refractivity contribution in [3.05, 3.63) is 24.5 Å². The molecule has 0 bridgehead atoms. The van der Waals surface area contributed by atoms with Crippen LogP contribution in [0.4, 0.5) is 4.79 Å². The van der Waals surface area contributed by atoms with E-state index in [2.05, 4.69) is 6.58 Å². The average molecular weight is 239 g/mol. The first-order valence-corrected chi connectivity index (χ1v) is 5.36. The summed E-state index contributed by atoms with van der Waals surface area (Å²) in [5.74, 6) is 0.351. The van der Waals surface area contributed by atoms with Crippen LogP contribution in [-0.2, 0) is 14.3 Å². The monoisotopic (exact) mass is 239 g/mol. The number of hydrogen-bond donors (Lipinski definition) is 0. The molecule has 0 aliphatic carbocycles. The van der Waals surface area contributed by atoms with Crippen LogP contribution in [0.2, 0.25) is 0 Å². The first-order valence-electron chi connectivity index (χ1n) is 5.36. The highest BCUT2D eigenvalue weighted by Gasteiger charge is 2.38. The largest absolute Gasteiger partial charge is 0.514 e. The van der Waals surface area contributed by atoms with Gasteiger partial charge in [-0.3, -0.25) is 4.79 Å². The van der Waals surface area contributed by atoms with Crippen LogP contribution in [0.5, 0.6) is 0 Å². The number of cyclic esters (lactones) is 2. The summed E-state index contributed by atoms with van der Waals surface area (Å²) in [7, 11) is 1.69. The molecule has 0 aromatic rings. The van der Waals surface area contributed by atoms with Crippen LogP contribution in [-0.4, -0.2) is 36.2 Å². The van der Waals surface area contributed by atoms with Crippen molar-refractivity contribution in [2.45, 2.75) is 25.9 Å². The Morgan fingerprint density at radius 2 is 2.18 bits per heavy atom. The number of likely N-dealkylation sites (N-methyl/N-ethyl adjacent to an activating group) is 1. The van der Waals surface area contributed by atoms with Gasteiger partial charge in [0.25, 0.3) is 0 Å². The zero-order valence-electron chi connectivity index (χ0n) is 10.4. The fraction of sp³-hybridized carbons (Fsp3) is 0.500. The third kappa shape index (κ3) is 3.34. The van der Waals surface area contributed by atoms with E-state index in [4.69, 9.17) is 9.47 Å². The molecule has 5 nitrogen and oxygen atoms in total. The second-order valence-corrected chi connectivity index (χ2v) is 4.29. The predicted octanol–water partition coefficient (Wildman–Crippen LogP) is 1.85. The van der Waals surface area contributed by atoms with Crippen LogP contribution < -0.4 is 0 Å². The maximum atomic E-state index is 11.2. The standard InChI is InChI=1S/C12H17NO4/c1-5-10(14)13(4)8-6-7-9-12(2,3)17-11(15)16-9/h5,7H,1,6,8H2,2-4H3/b9-7-. The van der Waals surface area contributed by atoms with E-state index < -0.39 is 11.8 Å². The summed E-state index contributed by atoms with van der Waals surface area (Å²) in [5, 5.41) is 0. The van der Waals surface area contributed by atoms with Crippen molar-refractivity contribution in [3.8, 4) is 0 Å². The van der Waals surface area contributed by atoms with E-state index in [1.54, 1.807) is 27.0 Å². The van der Waals surface area contributed by atoms with Gasteiger partial charge in [-0.15, -0.1) is 0 Å². The van der Waals surface area contributed by atoms with Gasteiger partial charge in [0.1, 0.15) is 0 Å². The fourth-order valence-corrected chi connectivity index (χ4v) is 1.43. The van der Waals surface area contributed by atoms with Gasteiger partial charge in [0.15, 0.2) is 11.4 Å². The molecule has 0 aromatic heterocycles. The Morgan fingerprint density at radius 1 is 1.53 bits per heavy atom. The zero-order chi connectivity index (χ0) is 13.1. The molecule has 1 heterocycles. The van der Waals surface area contributed by atoms with E-state index in [0.717, 1.165) is 0 Å². The molecule has 17 heavy (non-hydrogen) atoms. The lowest BCUT2D eigenvalue weighted by Crippen LogP contribution is -2.25.